The van der Waals surface area contributed by atoms with Gasteiger partial charge >= 0.3 is 6.43 Å². The fourth-order valence-corrected chi connectivity index (χ4v) is 3.11. The van der Waals surface area contributed by atoms with Crippen LogP contribution in [0.2, 0.25) is 0 Å². The maximum atomic E-state index is 14.6. The van der Waals surface area contributed by atoms with E-state index < -0.39 is 35.4 Å². The first-order valence-electron chi connectivity index (χ1n) is 9.20. The topological polar surface area (TPSA) is 95.4 Å². The zero-order valence-corrected chi connectivity index (χ0v) is 16.0. The molecule has 32 heavy (non-hydrogen) atoms. The fraction of sp³-hybridized carbons (Fsp3) is 0.100. The van der Waals surface area contributed by atoms with E-state index in [9.17, 15) is 17.6 Å². The van der Waals surface area contributed by atoms with Gasteiger partial charge in [0.1, 0.15) is 0 Å². The number of nitrogens with zero attached hydrogens (tertiary/aromatic N) is 7. The molecular weight excluding hydrogens is 430 g/mol. The summed E-state index contributed by atoms with van der Waals surface area (Å²) in [5.74, 6) is -3.73. The van der Waals surface area contributed by atoms with Crippen LogP contribution < -0.4 is 0 Å². The molecule has 0 aliphatic carbocycles. The molecule has 8 nitrogen and oxygen atoms in total. The monoisotopic (exact) mass is 441 g/mol. The Morgan fingerprint density at radius 1 is 0.938 bits per heavy atom. The smallest absolute Gasteiger partial charge is 0.314 e. The minimum absolute atomic E-state index is 0.0756. The number of alkyl halides is 2. The number of pyridine rings is 1. The predicted octanol–water partition coefficient (Wildman–Crippen LogP) is 4.20. The van der Waals surface area contributed by atoms with Crippen LogP contribution >= 0.6 is 0 Å². The second-order valence-electron chi connectivity index (χ2n) is 6.73. The van der Waals surface area contributed by atoms with Crippen molar-refractivity contribution in [2.24, 2.45) is 0 Å². The summed E-state index contributed by atoms with van der Waals surface area (Å²) in [6.07, 6.45) is 0.378. The van der Waals surface area contributed by atoms with Crippen molar-refractivity contribution in [1.29, 1.82) is 0 Å². The summed E-state index contributed by atoms with van der Waals surface area (Å²) in [5, 5.41) is 20.4. The van der Waals surface area contributed by atoms with E-state index >= 15 is 0 Å². The SMILES string of the molecule is Fc1c(Cn2nnc(-c3ccc4cnccc4c3)n2)ccc(-c2nnc(C(F)F)o2)c1F. The summed E-state index contributed by atoms with van der Waals surface area (Å²) in [5.41, 5.74) is 0.195. The number of halogens is 4. The molecule has 2 aromatic carbocycles. The van der Waals surface area contributed by atoms with Gasteiger partial charge in [0, 0.05) is 28.9 Å². The molecule has 0 amide bonds. The van der Waals surface area contributed by atoms with Crippen molar-refractivity contribution >= 4 is 10.8 Å². The largest absolute Gasteiger partial charge is 0.415 e. The quantitative estimate of drug-likeness (QED) is 0.377. The molecule has 3 aromatic heterocycles. The third-order valence-electron chi connectivity index (χ3n) is 4.68. The Balaban J connectivity index is 1.40. The lowest BCUT2D eigenvalue weighted by Gasteiger charge is -2.05. The Kier molecular flexibility index (Phi) is 4.81. The molecule has 0 aliphatic rings. The molecule has 5 aromatic rings. The Bertz CT molecular complexity index is 1430. The van der Waals surface area contributed by atoms with Gasteiger partial charge in [0.25, 0.3) is 11.8 Å². The summed E-state index contributed by atoms with van der Waals surface area (Å²) < 4.78 is 59.0. The molecule has 5 rings (SSSR count). The van der Waals surface area contributed by atoms with E-state index in [0.29, 0.717) is 11.4 Å². The highest BCUT2D eigenvalue weighted by atomic mass is 19.3. The van der Waals surface area contributed by atoms with Crippen molar-refractivity contribution < 1.29 is 22.0 Å². The van der Waals surface area contributed by atoms with Crippen molar-refractivity contribution in [2.75, 3.05) is 0 Å². The van der Waals surface area contributed by atoms with E-state index in [0.717, 1.165) is 21.6 Å². The molecule has 0 saturated heterocycles. The molecule has 0 fully saturated rings. The van der Waals surface area contributed by atoms with Crippen LogP contribution in [0.5, 0.6) is 0 Å². The molecule has 0 N–H and O–H groups in total. The predicted molar refractivity (Wildman–Crippen MR) is 102 cm³/mol. The Morgan fingerprint density at radius 3 is 2.62 bits per heavy atom. The Hall–Kier alpha value is -4.22. The van der Waals surface area contributed by atoms with Crippen molar-refractivity contribution in [3.63, 3.8) is 0 Å². The highest BCUT2D eigenvalue weighted by molar-refractivity contribution is 5.85. The van der Waals surface area contributed by atoms with Crippen molar-refractivity contribution in [3.8, 4) is 22.8 Å². The maximum Gasteiger partial charge on any atom is 0.314 e. The van der Waals surface area contributed by atoms with Gasteiger partial charge in [-0.1, -0.05) is 18.2 Å². The molecule has 0 saturated carbocycles. The second kappa shape index (κ2) is 7.80. The van der Waals surface area contributed by atoms with E-state index in [1.165, 1.54) is 6.07 Å². The second-order valence-corrected chi connectivity index (χ2v) is 6.73. The first kappa shape index (κ1) is 19.7. The van der Waals surface area contributed by atoms with E-state index in [4.69, 9.17) is 0 Å². The first-order chi connectivity index (χ1) is 15.5. The highest BCUT2D eigenvalue weighted by Crippen LogP contribution is 2.28. The average molecular weight is 441 g/mol. The lowest BCUT2D eigenvalue weighted by atomic mass is 10.1. The summed E-state index contributed by atoms with van der Waals surface area (Å²) in [6, 6.07) is 9.79. The Morgan fingerprint density at radius 2 is 1.81 bits per heavy atom. The number of fused-ring (bicyclic) bond motifs is 1. The van der Waals surface area contributed by atoms with Crippen LogP contribution in [0.3, 0.4) is 0 Å². The van der Waals surface area contributed by atoms with Gasteiger partial charge in [-0.05, 0) is 28.8 Å². The number of hydrogen-bond acceptors (Lipinski definition) is 7. The number of tetrazole rings is 1. The molecule has 12 heteroatoms. The van der Waals surface area contributed by atoms with Gasteiger partial charge in [0.2, 0.25) is 5.82 Å². The van der Waals surface area contributed by atoms with Gasteiger partial charge < -0.3 is 4.42 Å². The summed E-state index contributed by atoms with van der Waals surface area (Å²) in [4.78, 5) is 5.17. The molecule has 0 atom stereocenters. The lowest BCUT2D eigenvalue weighted by Crippen LogP contribution is -2.07. The molecule has 3 heterocycles. The third-order valence-corrected chi connectivity index (χ3v) is 4.68. The summed E-state index contributed by atoms with van der Waals surface area (Å²) >= 11 is 0. The van der Waals surface area contributed by atoms with Gasteiger partial charge in [0.05, 0.1) is 12.1 Å². The molecular formula is C20H11F4N7O. The van der Waals surface area contributed by atoms with Crippen LogP contribution in [0.1, 0.15) is 17.9 Å². The number of rotatable bonds is 5. The lowest BCUT2D eigenvalue weighted by molar-refractivity contribution is 0.116. The third kappa shape index (κ3) is 3.55. The molecule has 0 spiro atoms. The Labute approximate surface area is 176 Å². The van der Waals surface area contributed by atoms with Crippen LogP contribution in [-0.2, 0) is 6.54 Å². The van der Waals surface area contributed by atoms with Crippen LogP contribution in [0.25, 0.3) is 33.6 Å². The number of hydrogen-bond donors (Lipinski definition) is 0. The zero-order valence-electron chi connectivity index (χ0n) is 16.0. The van der Waals surface area contributed by atoms with Gasteiger partial charge in [0.15, 0.2) is 11.6 Å². The summed E-state index contributed by atoms with van der Waals surface area (Å²) in [6.45, 7) is -0.209. The molecule has 0 aliphatic heterocycles. The van der Waals surface area contributed by atoms with Gasteiger partial charge in [-0.15, -0.1) is 20.4 Å². The van der Waals surface area contributed by atoms with Gasteiger partial charge in [-0.3, -0.25) is 4.98 Å². The molecule has 160 valence electrons. The van der Waals surface area contributed by atoms with E-state index in [1.807, 2.05) is 18.2 Å². The van der Waals surface area contributed by atoms with Crippen molar-refractivity contribution in [1.82, 2.24) is 35.4 Å². The normalized spacial score (nSPS) is 11.5. The minimum Gasteiger partial charge on any atom is -0.415 e. The van der Waals surface area contributed by atoms with Crippen LogP contribution in [-0.4, -0.2) is 35.4 Å². The van der Waals surface area contributed by atoms with Crippen molar-refractivity contribution in [3.05, 3.63) is 71.9 Å². The van der Waals surface area contributed by atoms with Crippen LogP contribution in [0, 0.1) is 11.6 Å². The van der Waals surface area contributed by atoms with Crippen molar-refractivity contribution in [2.45, 2.75) is 13.0 Å². The molecule has 0 unspecified atom stereocenters. The number of aromatic nitrogens is 7. The van der Waals surface area contributed by atoms with Gasteiger partial charge in [-0.2, -0.15) is 13.6 Å². The highest BCUT2D eigenvalue weighted by Gasteiger charge is 2.22. The van der Waals surface area contributed by atoms with Gasteiger partial charge in [-0.25, -0.2) is 8.78 Å². The van der Waals surface area contributed by atoms with E-state index in [1.54, 1.807) is 18.5 Å². The molecule has 0 bridgehead atoms. The zero-order chi connectivity index (χ0) is 22.2. The first-order valence-corrected chi connectivity index (χ1v) is 9.20. The maximum absolute atomic E-state index is 14.6. The number of benzene rings is 2. The fourth-order valence-electron chi connectivity index (χ4n) is 3.11. The van der Waals surface area contributed by atoms with Crippen LogP contribution in [0.4, 0.5) is 17.6 Å². The van der Waals surface area contributed by atoms with E-state index in [2.05, 4.69) is 35.0 Å². The standard InChI is InChI=1S/C20H11F4N7O/c21-15-13(3-4-14(16(15)22)19-27-28-20(32-19)17(23)24)9-31-29-18(26-30-31)11-1-2-12-8-25-6-5-10(12)7-11/h1-8,17H,9H2. The van der Waals surface area contributed by atoms with Crippen LogP contribution in [0.15, 0.2) is 53.2 Å². The van der Waals surface area contributed by atoms with E-state index in [-0.39, 0.29) is 12.1 Å². The summed E-state index contributed by atoms with van der Waals surface area (Å²) in [7, 11) is 0. The minimum atomic E-state index is -3.02. The average Bonchev–Trinajstić information content (AvgIpc) is 3.47. The molecule has 0 radical (unpaired) electrons.